The van der Waals surface area contributed by atoms with Crippen LogP contribution in [0, 0.1) is 6.92 Å². The molecule has 1 unspecified atom stereocenters. The highest BCUT2D eigenvalue weighted by molar-refractivity contribution is 5.95. The van der Waals surface area contributed by atoms with Gasteiger partial charge in [-0.3, -0.25) is 4.79 Å². The maximum Gasteiger partial charge on any atom is 0.255 e. The van der Waals surface area contributed by atoms with Crippen molar-refractivity contribution in [1.29, 1.82) is 0 Å². The zero-order valence-corrected chi connectivity index (χ0v) is 9.81. The summed E-state index contributed by atoms with van der Waals surface area (Å²) >= 11 is 0. The molecular formula is C14H16N2O. The molecule has 2 rings (SSSR count). The van der Waals surface area contributed by atoms with Crippen molar-refractivity contribution in [2.24, 2.45) is 5.73 Å². The van der Waals surface area contributed by atoms with Crippen LogP contribution >= 0.6 is 0 Å². The van der Waals surface area contributed by atoms with E-state index in [-0.39, 0.29) is 11.9 Å². The van der Waals surface area contributed by atoms with Crippen LogP contribution in [-0.2, 0) is 0 Å². The molecule has 17 heavy (non-hydrogen) atoms. The van der Waals surface area contributed by atoms with E-state index in [9.17, 15) is 4.79 Å². The summed E-state index contributed by atoms with van der Waals surface area (Å²) in [6.45, 7) is 1.99. The van der Waals surface area contributed by atoms with Gasteiger partial charge >= 0.3 is 0 Å². The van der Waals surface area contributed by atoms with Crippen molar-refractivity contribution >= 4 is 5.91 Å². The lowest BCUT2D eigenvalue weighted by atomic mass is 10.1. The highest BCUT2D eigenvalue weighted by atomic mass is 16.1. The summed E-state index contributed by atoms with van der Waals surface area (Å²) in [6, 6.07) is 7.35. The molecule has 1 aromatic rings. The van der Waals surface area contributed by atoms with Gasteiger partial charge in [0.15, 0.2) is 0 Å². The molecule has 0 saturated heterocycles. The van der Waals surface area contributed by atoms with Gasteiger partial charge in [0, 0.05) is 17.3 Å². The van der Waals surface area contributed by atoms with Crippen molar-refractivity contribution in [2.75, 3.05) is 0 Å². The Morgan fingerprint density at radius 1 is 1.35 bits per heavy atom. The Balaban J connectivity index is 2.09. The summed E-state index contributed by atoms with van der Waals surface area (Å²) in [6.07, 6.45) is 6.51. The second-order valence-electron chi connectivity index (χ2n) is 4.21. The minimum Gasteiger partial charge on any atom is -0.324 e. The Labute approximate surface area is 101 Å². The van der Waals surface area contributed by atoms with Crippen molar-refractivity contribution in [2.45, 2.75) is 19.4 Å². The van der Waals surface area contributed by atoms with Crippen molar-refractivity contribution in [1.82, 2.24) is 5.32 Å². The summed E-state index contributed by atoms with van der Waals surface area (Å²) in [5, 5.41) is 2.85. The number of carbonyl (C=O) groups excluding carboxylic acids is 1. The van der Waals surface area contributed by atoms with Gasteiger partial charge in [0.2, 0.25) is 0 Å². The first-order valence-electron chi connectivity index (χ1n) is 5.67. The zero-order valence-electron chi connectivity index (χ0n) is 9.81. The zero-order chi connectivity index (χ0) is 12.3. The number of nitrogens with two attached hydrogens (primary N) is 1. The van der Waals surface area contributed by atoms with E-state index in [1.165, 1.54) is 0 Å². The van der Waals surface area contributed by atoms with E-state index in [4.69, 9.17) is 5.73 Å². The lowest BCUT2D eigenvalue weighted by molar-refractivity contribution is 0.0963. The van der Waals surface area contributed by atoms with Gasteiger partial charge in [0.05, 0.1) is 0 Å². The fraction of sp³-hybridized carbons (Fsp3) is 0.214. The Kier molecular flexibility index (Phi) is 3.40. The number of allylic oxidation sites excluding steroid dienone is 2. The van der Waals surface area contributed by atoms with Crippen molar-refractivity contribution in [3.63, 3.8) is 0 Å². The number of amides is 1. The molecule has 0 aromatic heterocycles. The predicted octanol–water partition coefficient (Wildman–Crippen LogP) is 1.90. The van der Waals surface area contributed by atoms with Crippen LogP contribution in [-0.4, -0.2) is 11.9 Å². The van der Waals surface area contributed by atoms with Crippen molar-refractivity contribution in [3.8, 4) is 0 Å². The third-order valence-corrected chi connectivity index (χ3v) is 2.77. The number of aryl methyl sites for hydroxylation is 1. The first-order chi connectivity index (χ1) is 8.16. The molecule has 0 spiro atoms. The van der Waals surface area contributed by atoms with Crippen LogP contribution in [0.15, 0.2) is 48.2 Å². The van der Waals surface area contributed by atoms with E-state index in [2.05, 4.69) is 5.32 Å². The van der Waals surface area contributed by atoms with Gasteiger partial charge < -0.3 is 11.1 Å². The number of carbonyl (C=O) groups is 1. The summed E-state index contributed by atoms with van der Waals surface area (Å²) in [4.78, 5) is 11.9. The Hall–Kier alpha value is -1.87. The molecule has 3 nitrogen and oxygen atoms in total. The smallest absolute Gasteiger partial charge is 0.255 e. The molecule has 0 bridgehead atoms. The SMILES string of the molecule is Cc1ccc(C(=O)NC2=CC=CCC2N)cc1. The van der Waals surface area contributed by atoms with Crippen molar-refractivity contribution < 1.29 is 4.79 Å². The molecular weight excluding hydrogens is 212 g/mol. The van der Waals surface area contributed by atoms with Gasteiger partial charge in [-0.2, -0.15) is 0 Å². The van der Waals surface area contributed by atoms with E-state index in [0.29, 0.717) is 5.56 Å². The largest absolute Gasteiger partial charge is 0.324 e. The highest BCUT2D eigenvalue weighted by Crippen LogP contribution is 2.10. The normalized spacial score (nSPS) is 18.7. The van der Waals surface area contributed by atoms with E-state index >= 15 is 0 Å². The number of nitrogens with one attached hydrogen (secondary N) is 1. The maximum atomic E-state index is 11.9. The van der Waals surface area contributed by atoms with E-state index < -0.39 is 0 Å². The van der Waals surface area contributed by atoms with Crippen LogP contribution in [0.3, 0.4) is 0 Å². The molecule has 0 fully saturated rings. The average Bonchev–Trinajstić information content (AvgIpc) is 2.33. The quantitative estimate of drug-likeness (QED) is 0.812. The second-order valence-corrected chi connectivity index (χ2v) is 4.21. The van der Waals surface area contributed by atoms with Crippen LogP contribution < -0.4 is 11.1 Å². The lowest BCUT2D eigenvalue weighted by Gasteiger charge is -2.18. The molecule has 1 aliphatic rings. The second kappa shape index (κ2) is 4.97. The van der Waals surface area contributed by atoms with Crippen LogP contribution in [0.5, 0.6) is 0 Å². The van der Waals surface area contributed by atoms with Gasteiger partial charge in [0.1, 0.15) is 0 Å². The van der Waals surface area contributed by atoms with Gasteiger partial charge in [-0.1, -0.05) is 29.8 Å². The Bertz CT molecular complexity index is 472. The molecule has 1 amide bonds. The standard InChI is InChI=1S/C14H16N2O/c1-10-6-8-11(9-7-10)14(17)16-13-5-3-2-4-12(13)15/h2-3,5-9,12H,4,15H2,1H3,(H,16,17). The van der Waals surface area contributed by atoms with Crippen LogP contribution in [0.25, 0.3) is 0 Å². The van der Waals surface area contributed by atoms with Gasteiger partial charge in [-0.15, -0.1) is 0 Å². The summed E-state index contributed by atoms with van der Waals surface area (Å²) < 4.78 is 0. The molecule has 1 aliphatic carbocycles. The molecule has 88 valence electrons. The molecule has 3 N–H and O–H groups in total. The minimum absolute atomic E-state index is 0.109. The Morgan fingerprint density at radius 2 is 2.06 bits per heavy atom. The third-order valence-electron chi connectivity index (χ3n) is 2.77. The molecule has 0 saturated carbocycles. The Morgan fingerprint density at radius 3 is 2.71 bits per heavy atom. The molecule has 1 atom stereocenters. The minimum atomic E-state index is -0.116. The number of rotatable bonds is 2. The fourth-order valence-corrected chi connectivity index (χ4v) is 1.69. The maximum absolute atomic E-state index is 11.9. The monoisotopic (exact) mass is 228 g/mol. The predicted molar refractivity (Wildman–Crippen MR) is 68.5 cm³/mol. The number of hydrogen-bond donors (Lipinski definition) is 2. The number of benzene rings is 1. The number of hydrogen-bond acceptors (Lipinski definition) is 2. The van der Waals surface area contributed by atoms with Crippen molar-refractivity contribution in [3.05, 3.63) is 59.3 Å². The van der Waals surface area contributed by atoms with Gasteiger partial charge in [0.25, 0.3) is 5.91 Å². The van der Waals surface area contributed by atoms with E-state index in [1.54, 1.807) is 0 Å². The highest BCUT2D eigenvalue weighted by Gasteiger charge is 2.14. The van der Waals surface area contributed by atoms with Crippen LogP contribution in [0.4, 0.5) is 0 Å². The summed E-state index contributed by atoms with van der Waals surface area (Å²) in [7, 11) is 0. The van der Waals surface area contributed by atoms with Crippen LogP contribution in [0.1, 0.15) is 22.3 Å². The van der Waals surface area contributed by atoms with Crippen LogP contribution in [0.2, 0.25) is 0 Å². The van der Waals surface area contributed by atoms with Gasteiger partial charge in [-0.25, -0.2) is 0 Å². The topological polar surface area (TPSA) is 55.1 Å². The average molecular weight is 228 g/mol. The molecule has 3 heteroatoms. The summed E-state index contributed by atoms with van der Waals surface area (Å²) in [5.74, 6) is -0.109. The summed E-state index contributed by atoms with van der Waals surface area (Å²) in [5.41, 5.74) is 8.46. The molecule has 1 aromatic carbocycles. The third kappa shape index (κ3) is 2.82. The van der Waals surface area contributed by atoms with E-state index in [1.807, 2.05) is 49.4 Å². The molecule has 0 radical (unpaired) electrons. The first kappa shape index (κ1) is 11.6. The molecule has 0 heterocycles. The first-order valence-corrected chi connectivity index (χ1v) is 5.67. The van der Waals surface area contributed by atoms with E-state index in [0.717, 1.165) is 17.7 Å². The lowest BCUT2D eigenvalue weighted by Crippen LogP contribution is -2.35. The fourth-order valence-electron chi connectivity index (χ4n) is 1.69. The molecule has 0 aliphatic heterocycles. The van der Waals surface area contributed by atoms with Gasteiger partial charge in [-0.05, 0) is 31.6 Å².